The van der Waals surface area contributed by atoms with Crippen molar-refractivity contribution in [2.24, 2.45) is 5.92 Å². The lowest BCUT2D eigenvalue weighted by Gasteiger charge is -2.39. The SMILES string of the molecule is CCC1CCCCC1(O)c1cnnn1-c1ccccc1. The van der Waals surface area contributed by atoms with Crippen molar-refractivity contribution in [2.45, 2.75) is 44.6 Å². The molecule has 0 amide bonds. The minimum atomic E-state index is -0.799. The Morgan fingerprint density at radius 1 is 1.30 bits per heavy atom. The topological polar surface area (TPSA) is 50.9 Å². The lowest BCUT2D eigenvalue weighted by molar-refractivity contribution is -0.0610. The van der Waals surface area contributed by atoms with Gasteiger partial charge in [-0.05, 0) is 30.9 Å². The van der Waals surface area contributed by atoms with Gasteiger partial charge in [0.2, 0.25) is 0 Å². The summed E-state index contributed by atoms with van der Waals surface area (Å²) in [5, 5.41) is 19.5. The molecular weight excluding hydrogens is 250 g/mol. The fourth-order valence-electron chi connectivity index (χ4n) is 3.40. The minimum absolute atomic E-state index is 0.289. The van der Waals surface area contributed by atoms with Gasteiger partial charge in [-0.3, -0.25) is 0 Å². The smallest absolute Gasteiger partial charge is 0.111 e. The average Bonchev–Trinajstić information content (AvgIpc) is 2.99. The van der Waals surface area contributed by atoms with E-state index in [1.54, 1.807) is 10.9 Å². The first-order chi connectivity index (χ1) is 9.75. The number of rotatable bonds is 3. The summed E-state index contributed by atoms with van der Waals surface area (Å²) in [4.78, 5) is 0. The third kappa shape index (κ3) is 2.14. The molecule has 20 heavy (non-hydrogen) atoms. The Balaban J connectivity index is 2.04. The van der Waals surface area contributed by atoms with Crippen LogP contribution in [0.25, 0.3) is 5.69 Å². The van der Waals surface area contributed by atoms with Crippen LogP contribution in [0.2, 0.25) is 0 Å². The highest BCUT2D eigenvalue weighted by Gasteiger charge is 2.42. The number of benzene rings is 1. The highest BCUT2D eigenvalue weighted by molar-refractivity contribution is 5.33. The molecule has 1 heterocycles. The van der Waals surface area contributed by atoms with Crippen molar-refractivity contribution in [1.29, 1.82) is 0 Å². The van der Waals surface area contributed by atoms with Crippen molar-refractivity contribution >= 4 is 0 Å². The van der Waals surface area contributed by atoms with Crippen molar-refractivity contribution < 1.29 is 5.11 Å². The van der Waals surface area contributed by atoms with Crippen LogP contribution in [0, 0.1) is 5.92 Å². The second-order valence-corrected chi connectivity index (χ2v) is 5.64. The monoisotopic (exact) mass is 271 g/mol. The van der Waals surface area contributed by atoms with Crippen LogP contribution in [0.15, 0.2) is 36.5 Å². The molecule has 2 unspecified atom stereocenters. The maximum Gasteiger partial charge on any atom is 0.111 e. The van der Waals surface area contributed by atoms with Crippen LogP contribution < -0.4 is 0 Å². The summed E-state index contributed by atoms with van der Waals surface area (Å²) in [6.45, 7) is 2.15. The summed E-state index contributed by atoms with van der Waals surface area (Å²) >= 11 is 0. The lowest BCUT2D eigenvalue weighted by atomic mass is 9.72. The molecule has 0 radical (unpaired) electrons. The fraction of sp³-hybridized carbons (Fsp3) is 0.500. The first-order valence-electron chi connectivity index (χ1n) is 7.44. The Labute approximate surface area is 119 Å². The molecule has 2 atom stereocenters. The van der Waals surface area contributed by atoms with E-state index in [0.717, 1.165) is 37.1 Å². The van der Waals surface area contributed by atoms with Gasteiger partial charge in [-0.2, -0.15) is 0 Å². The molecular formula is C16H21N3O. The fourth-order valence-corrected chi connectivity index (χ4v) is 3.40. The number of nitrogens with zero attached hydrogens (tertiary/aromatic N) is 3. The van der Waals surface area contributed by atoms with Crippen LogP contribution in [-0.2, 0) is 5.60 Å². The summed E-state index contributed by atoms with van der Waals surface area (Å²) in [6.07, 6.45) is 6.84. The number of para-hydroxylation sites is 1. The quantitative estimate of drug-likeness (QED) is 0.933. The van der Waals surface area contributed by atoms with Gasteiger partial charge in [0.15, 0.2) is 0 Å². The maximum atomic E-state index is 11.2. The van der Waals surface area contributed by atoms with Gasteiger partial charge in [0.05, 0.1) is 17.6 Å². The van der Waals surface area contributed by atoms with E-state index in [2.05, 4.69) is 17.2 Å². The third-order valence-corrected chi connectivity index (χ3v) is 4.52. The van der Waals surface area contributed by atoms with Crippen molar-refractivity contribution in [1.82, 2.24) is 15.0 Å². The van der Waals surface area contributed by atoms with E-state index >= 15 is 0 Å². The molecule has 1 saturated carbocycles. The molecule has 1 N–H and O–H groups in total. The van der Waals surface area contributed by atoms with Crippen molar-refractivity contribution in [2.75, 3.05) is 0 Å². The molecule has 4 heteroatoms. The number of aromatic nitrogens is 3. The molecule has 2 aromatic rings. The highest BCUT2D eigenvalue weighted by Crippen LogP contribution is 2.43. The molecule has 1 aliphatic rings. The van der Waals surface area contributed by atoms with Crippen molar-refractivity contribution in [3.8, 4) is 5.69 Å². The molecule has 0 saturated heterocycles. The van der Waals surface area contributed by atoms with E-state index in [9.17, 15) is 5.11 Å². The third-order valence-electron chi connectivity index (χ3n) is 4.52. The molecule has 106 valence electrons. The van der Waals surface area contributed by atoms with E-state index in [-0.39, 0.29) is 5.92 Å². The summed E-state index contributed by atoms with van der Waals surface area (Å²) in [7, 11) is 0. The molecule has 1 aliphatic carbocycles. The average molecular weight is 271 g/mol. The second kappa shape index (κ2) is 5.37. The van der Waals surface area contributed by atoms with Gasteiger partial charge >= 0.3 is 0 Å². The molecule has 0 aliphatic heterocycles. The Hall–Kier alpha value is -1.68. The highest BCUT2D eigenvalue weighted by atomic mass is 16.3. The lowest BCUT2D eigenvalue weighted by Crippen LogP contribution is -2.39. The van der Waals surface area contributed by atoms with Gasteiger partial charge in [-0.1, -0.05) is 49.6 Å². The van der Waals surface area contributed by atoms with Gasteiger partial charge in [0, 0.05) is 0 Å². The standard InChI is InChI=1S/C16H21N3O/c1-2-13-8-6-7-11-16(13,20)15-12-17-18-19(15)14-9-4-3-5-10-14/h3-5,9-10,12-13,20H,2,6-8,11H2,1H3. The van der Waals surface area contributed by atoms with Crippen LogP contribution in [0.3, 0.4) is 0 Å². The molecule has 0 bridgehead atoms. The normalized spacial score (nSPS) is 26.6. The van der Waals surface area contributed by atoms with Gasteiger partial charge in [0.25, 0.3) is 0 Å². The number of hydrogen-bond acceptors (Lipinski definition) is 3. The van der Waals surface area contributed by atoms with Gasteiger partial charge in [-0.15, -0.1) is 5.10 Å². The Morgan fingerprint density at radius 2 is 2.10 bits per heavy atom. The Morgan fingerprint density at radius 3 is 2.85 bits per heavy atom. The molecule has 1 aromatic carbocycles. The predicted octanol–water partition coefficient (Wildman–Crippen LogP) is 3.06. The number of aliphatic hydroxyl groups is 1. The van der Waals surface area contributed by atoms with E-state index in [0.29, 0.717) is 0 Å². The summed E-state index contributed by atoms with van der Waals surface area (Å²) < 4.78 is 1.79. The van der Waals surface area contributed by atoms with E-state index in [1.807, 2.05) is 30.3 Å². The van der Waals surface area contributed by atoms with Crippen molar-refractivity contribution in [3.05, 3.63) is 42.2 Å². The Bertz CT molecular complexity index is 566. The van der Waals surface area contributed by atoms with Crippen LogP contribution in [0.1, 0.15) is 44.7 Å². The second-order valence-electron chi connectivity index (χ2n) is 5.64. The summed E-state index contributed by atoms with van der Waals surface area (Å²) in [5.74, 6) is 0.289. The van der Waals surface area contributed by atoms with Crippen molar-refractivity contribution in [3.63, 3.8) is 0 Å². The Kier molecular flexibility index (Phi) is 3.57. The van der Waals surface area contributed by atoms with Crippen LogP contribution in [-0.4, -0.2) is 20.1 Å². The minimum Gasteiger partial charge on any atom is -0.383 e. The maximum absolute atomic E-state index is 11.2. The van der Waals surface area contributed by atoms with Crippen LogP contribution >= 0.6 is 0 Å². The van der Waals surface area contributed by atoms with Crippen LogP contribution in [0.4, 0.5) is 0 Å². The molecule has 0 spiro atoms. The van der Waals surface area contributed by atoms with Crippen LogP contribution in [0.5, 0.6) is 0 Å². The molecule has 3 rings (SSSR count). The summed E-state index contributed by atoms with van der Waals surface area (Å²) in [5.41, 5.74) is 0.982. The van der Waals surface area contributed by atoms with E-state index in [4.69, 9.17) is 0 Å². The van der Waals surface area contributed by atoms with E-state index in [1.165, 1.54) is 6.42 Å². The molecule has 1 fully saturated rings. The zero-order valence-electron chi connectivity index (χ0n) is 11.9. The zero-order valence-corrected chi connectivity index (χ0v) is 11.9. The van der Waals surface area contributed by atoms with Gasteiger partial charge in [0.1, 0.15) is 5.60 Å². The van der Waals surface area contributed by atoms with Gasteiger partial charge < -0.3 is 5.11 Å². The van der Waals surface area contributed by atoms with E-state index < -0.39 is 5.60 Å². The first-order valence-corrected chi connectivity index (χ1v) is 7.44. The molecule has 1 aromatic heterocycles. The predicted molar refractivity (Wildman–Crippen MR) is 77.5 cm³/mol. The largest absolute Gasteiger partial charge is 0.383 e. The first kappa shape index (κ1) is 13.3. The number of hydrogen-bond donors (Lipinski definition) is 1. The summed E-state index contributed by atoms with van der Waals surface area (Å²) in [6, 6.07) is 9.91. The molecule has 4 nitrogen and oxygen atoms in total. The zero-order chi connectivity index (χ0) is 14.0. The van der Waals surface area contributed by atoms with Gasteiger partial charge in [-0.25, -0.2) is 4.68 Å².